The summed E-state index contributed by atoms with van der Waals surface area (Å²) in [6, 6.07) is 7.86. The van der Waals surface area contributed by atoms with E-state index in [-0.39, 0.29) is 0 Å². The Bertz CT molecular complexity index is 535. The van der Waals surface area contributed by atoms with Gasteiger partial charge in [0, 0.05) is 24.3 Å². The number of sulfonamides is 1. The van der Waals surface area contributed by atoms with E-state index in [1.807, 2.05) is 6.07 Å². The number of hydrogen-bond acceptors (Lipinski definition) is 4. The Morgan fingerprint density at radius 2 is 2.11 bits per heavy atom. The number of nitrogens with zero attached hydrogens (tertiary/aromatic N) is 1. The summed E-state index contributed by atoms with van der Waals surface area (Å²) in [5.74, 6) is 0. The lowest BCUT2D eigenvalue weighted by Crippen LogP contribution is -2.25. The van der Waals surface area contributed by atoms with Gasteiger partial charge >= 0.3 is 0 Å². The van der Waals surface area contributed by atoms with Crippen molar-refractivity contribution in [2.24, 2.45) is 0 Å². The number of benzene rings is 1. The first-order valence-corrected chi connectivity index (χ1v) is 7.91. The average Bonchev–Trinajstić information content (AvgIpc) is 2.68. The van der Waals surface area contributed by atoms with Crippen molar-refractivity contribution >= 4 is 15.7 Å². The maximum absolute atomic E-state index is 11.7. The van der Waals surface area contributed by atoms with Gasteiger partial charge in [0.15, 0.2) is 0 Å². The van der Waals surface area contributed by atoms with E-state index in [1.54, 1.807) is 18.2 Å². The molecule has 2 rings (SSSR count). The highest BCUT2D eigenvalue weighted by Gasteiger charge is 2.26. The van der Waals surface area contributed by atoms with Gasteiger partial charge in [0.2, 0.25) is 10.0 Å². The van der Waals surface area contributed by atoms with Crippen LogP contribution >= 0.6 is 0 Å². The number of likely N-dealkylation sites (N-methyl/N-ethyl adjacent to an activating group) is 1. The Hall–Kier alpha value is -1.11. The van der Waals surface area contributed by atoms with Crippen LogP contribution in [0.15, 0.2) is 29.2 Å². The summed E-state index contributed by atoms with van der Waals surface area (Å²) in [5, 5.41) is 3.40. The predicted molar refractivity (Wildman–Crippen MR) is 76.8 cm³/mol. The van der Waals surface area contributed by atoms with Crippen LogP contribution in [0.1, 0.15) is 13.3 Å². The lowest BCUT2D eigenvalue weighted by molar-refractivity contribution is 0.330. The summed E-state index contributed by atoms with van der Waals surface area (Å²) >= 11 is 0. The maximum atomic E-state index is 11.7. The smallest absolute Gasteiger partial charge is 0.240 e. The lowest BCUT2D eigenvalue weighted by Gasteiger charge is -2.15. The highest BCUT2D eigenvalue weighted by Crippen LogP contribution is 2.21. The zero-order valence-electron chi connectivity index (χ0n) is 11.6. The Balaban J connectivity index is 2.12. The zero-order valence-corrected chi connectivity index (χ0v) is 12.4. The molecule has 1 aromatic rings. The molecule has 2 atom stereocenters. The SMILES string of the molecule is CNS(=O)(=O)c1cccc(NC2CC(C)N(C)C2)c1. The molecule has 2 N–H and O–H groups in total. The third kappa shape index (κ3) is 3.26. The molecule has 2 unspecified atom stereocenters. The van der Waals surface area contributed by atoms with Crippen molar-refractivity contribution in [2.75, 3.05) is 26.0 Å². The quantitative estimate of drug-likeness (QED) is 0.868. The van der Waals surface area contributed by atoms with E-state index in [9.17, 15) is 8.42 Å². The first-order chi connectivity index (χ1) is 8.92. The van der Waals surface area contributed by atoms with Crippen molar-refractivity contribution in [3.05, 3.63) is 24.3 Å². The second kappa shape index (κ2) is 5.48. The number of rotatable bonds is 4. The largest absolute Gasteiger partial charge is 0.381 e. The maximum Gasteiger partial charge on any atom is 0.240 e. The minimum Gasteiger partial charge on any atom is -0.381 e. The van der Waals surface area contributed by atoms with Gasteiger partial charge in [0.05, 0.1) is 4.90 Å². The van der Waals surface area contributed by atoms with Gasteiger partial charge in [0.1, 0.15) is 0 Å². The van der Waals surface area contributed by atoms with Crippen LogP contribution in [-0.2, 0) is 10.0 Å². The lowest BCUT2D eigenvalue weighted by atomic mass is 10.2. The molecule has 106 valence electrons. The van der Waals surface area contributed by atoms with Crippen molar-refractivity contribution in [3.8, 4) is 0 Å². The second-order valence-electron chi connectivity index (χ2n) is 5.10. The molecule has 1 saturated heterocycles. The van der Waals surface area contributed by atoms with E-state index in [1.165, 1.54) is 7.05 Å². The fraction of sp³-hybridized carbons (Fsp3) is 0.538. The number of nitrogens with one attached hydrogen (secondary N) is 2. The average molecular weight is 283 g/mol. The molecule has 1 aromatic carbocycles. The van der Waals surface area contributed by atoms with Crippen LogP contribution in [-0.4, -0.2) is 46.0 Å². The minimum absolute atomic E-state index is 0.291. The normalized spacial score (nSPS) is 24.6. The van der Waals surface area contributed by atoms with Crippen LogP contribution in [0, 0.1) is 0 Å². The number of likely N-dealkylation sites (tertiary alicyclic amines) is 1. The first kappa shape index (κ1) is 14.3. The van der Waals surface area contributed by atoms with Gasteiger partial charge < -0.3 is 10.2 Å². The van der Waals surface area contributed by atoms with Gasteiger partial charge in [-0.05, 0) is 45.6 Å². The van der Waals surface area contributed by atoms with E-state index in [0.29, 0.717) is 17.0 Å². The highest BCUT2D eigenvalue weighted by molar-refractivity contribution is 7.89. The molecule has 19 heavy (non-hydrogen) atoms. The van der Waals surface area contributed by atoms with Crippen LogP contribution in [0.4, 0.5) is 5.69 Å². The fourth-order valence-electron chi connectivity index (χ4n) is 2.40. The minimum atomic E-state index is -3.38. The standard InChI is InChI=1S/C13H21N3O2S/c1-10-7-12(9-16(10)3)15-11-5-4-6-13(8-11)19(17,18)14-2/h4-6,8,10,12,14-15H,7,9H2,1-3H3. The molecule has 0 radical (unpaired) electrons. The fourth-order valence-corrected chi connectivity index (χ4v) is 3.18. The van der Waals surface area contributed by atoms with Crippen LogP contribution in [0.2, 0.25) is 0 Å². The monoisotopic (exact) mass is 283 g/mol. The van der Waals surface area contributed by atoms with Crippen LogP contribution in [0.25, 0.3) is 0 Å². The van der Waals surface area contributed by atoms with Crippen LogP contribution < -0.4 is 10.0 Å². The van der Waals surface area contributed by atoms with Gasteiger partial charge in [0.25, 0.3) is 0 Å². The molecular formula is C13H21N3O2S. The van der Waals surface area contributed by atoms with E-state index < -0.39 is 10.0 Å². The third-order valence-corrected chi connectivity index (χ3v) is 5.08. The summed E-state index contributed by atoms with van der Waals surface area (Å²) in [5.41, 5.74) is 0.851. The van der Waals surface area contributed by atoms with E-state index in [0.717, 1.165) is 18.7 Å². The van der Waals surface area contributed by atoms with E-state index >= 15 is 0 Å². The molecule has 0 aromatic heterocycles. The molecule has 1 fully saturated rings. The van der Waals surface area contributed by atoms with Crippen molar-refractivity contribution in [3.63, 3.8) is 0 Å². The summed E-state index contributed by atoms with van der Waals surface area (Å²) in [7, 11) is 0.149. The Kier molecular flexibility index (Phi) is 4.13. The third-order valence-electron chi connectivity index (χ3n) is 3.67. The Labute approximate surface area is 115 Å². The Morgan fingerprint density at radius 3 is 2.68 bits per heavy atom. The molecular weight excluding hydrogens is 262 g/mol. The van der Waals surface area contributed by atoms with Crippen LogP contribution in [0.5, 0.6) is 0 Å². The molecule has 1 heterocycles. The van der Waals surface area contributed by atoms with Gasteiger partial charge in [-0.3, -0.25) is 0 Å². The molecule has 1 aliphatic rings. The number of anilines is 1. The predicted octanol–water partition coefficient (Wildman–Crippen LogP) is 1.10. The molecule has 0 spiro atoms. The summed E-state index contributed by atoms with van der Waals surface area (Å²) in [6.07, 6.45) is 1.07. The summed E-state index contributed by atoms with van der Waals surface area (Å²) in [6.45, 7) is 3.17. The number of hydrogen-bond donors (Lipinski definition) is 2. The molecule has 1 aliphatic heterocycles. The summed E-state index contributed by atoms with van der Waals surface area (Å²) < 4.78 is 25.8. The molecule has 0 aliphatic carbocycles. The molecule has 6 heteroatoms. The molecule has 0 saturated carbocycles. The van der Waals surface area contributed by atoms with Crippen LogP contribution in [0.3, 0.4) is 0 Å². The molecule has 0 amide bonds. The van der Waals surface area contributed by atoms with Gasteiger partial charge in [-0.25, -0.2) is 13.1 Å². The van der Waals surface area contributed by atoms with E-state index in [4.69, 9.17) is 0 Å². The molecule has 5 nitrogen and oxygen atoms in total. The zero-order chi connectivity index (χ0) is 14.0. The highest BCUT2D eigenvalue weighted by atomic mass is 32.2. The van der Waals surface area contributed by atoms with E-state index in [2.05, 4.69) is 28.9 Å². The topological polar surface area (TPSA) is 61.4 Å². The second-order valence-corrected chi connectivity index (χ2v) is 6.99. The molecule has 0 bridgehead atoms. The first-order valence-electron chi connectivity index (χ1n) is 6.43. The summed E-state index contributed by atoms with van der Waals surface area (Å²) in [4.78, 5) is 2.59. The van der Waals surface area contributed by atoms with Gasteiger partial charge in [-0.15, -0.1) is 0 Å². The van der Waals surface area contributed by atoms with Crippen molar-refractivity contribution in [1.82, 2.24) is 9.62 Å². The van der Waals surface area contributed by atoms with Gasteiger partial charge in [-0.1, -0.05) is 6.07 Å². The Morgan fingerprint density at radius 1 is 1.37 bits per heavy atom. The van der Waals surface area contributed by atoms with Crippen molar-refractivity contribution in [1.29, 1.82) is 0 Å². The van der Waals surface area contributed by atoms with Crippen molar-refractivity contribution in [2.45, 2.75) is 30.3 Å². The van der Waals surface area contributed by atoms with Crippen molar-refractivity contribution < 1.29 is 8.42 Å². The van der Waals surface area contributed by atoms with Gasteiger partial charge in [-0.2, -0.15) is 0 Å².